The lowest BCUT2D eigenvalue weighted by atomic mass is 9.88. The van der Waals surface area contributed by atoms with Crippen LogP contribution >= 0.6 is 0 Å². The van der Waals surface area contributed by atoms with Gasteiger partial charge in [-0.3, -0.25) is 9.88 Å². The average Bonchev–Trinajstić information content (AvgIpc) is 2.51. The van der Waals surface area contributed by atoms with Crippen molar-refractivity contribution in [3.63, 3.8) is 0 Å². The molecule has 1 aliphatic rings. The van der Waals surface area contributed by atoms with Crippen molar-refractivity contribution in [3.8, 4) is 0 Å². The lowest BCUT2D eigenvalue weighted by Gasteiger charge is -2.45. The highest BCUT2D eigenvalue weighted by Gasteiger charge is 2.35. The van der Waals surface area contributed by atoms with Gasteiger partial charge in [0.2, 0.25) is 0 Å². The quantitative estimate of drug-likeness (QED) is 0.939. The minimum atomic E-state index is -0.274. The maximum Gasteiger partial charge on any atom is 0.141 e. The van der Waals surface area contributed by atoms with E-state index in [-0.39, 0.29) is 11.4 Å². The molecule has 0 saturated carbocycles. The molecule has 0 aliphatic carbocycles. The average molecular weight is 285 g/mol. The molecule has 0 spiro atoms. The molecule has 1 saturated heterocycles. The molecule has 3 nitrogen and oxygen atoms in total. The third-order valence-corrected chi connectivity index (χ3v) is 4.26. The van der Waals surface area contributed by atoms with Gasteiger partial charge in [0.15, 0.2) is 0 Å². The van der Waals surface area contributed by atoms with Crippen LogP contribution in [0.15, 0.2) is 48.8 Å². The van der Waals surface area contributed by atoms with E-state index in [4.69, 9.17) is 0 Å². The molecule has 1 aromatic heterocycles. The second-order valence-corrected chi connectivity index (χ2v) is 5.75. The zero-order valence-corrected chi connectivity index (χ0v) is 12.2. The molecule has 1 fully saturated rings. The van der Waals surface area contributed by atoms with Crippen LogP contribution in [0.4, 0.5) is 4.39 Å². The van der Waals surface area contributed by atoms with Gasteiger partial charge in [-0.25, -0.2) is 4.39 Å². The maximum atomic E-state index is 13.3. The molecule has 1 aliphatic heterocycles. The third-order valence-electron chi connectivity index (χ3n) is 4.26. The largest absolute Gasteiger partial charge is 0.313 e. The summed E-state index contributed by atoms with van der Waals surface area (Å²) in [5, 5.41) is 3.47. The Morgan fingerprint density at radius 3 is 2.86 bits per heavy atom. The van der Waals surface area contributed by atoms with E-state index in [1.165, 1.54) is 11.8 Å². The first kappa shape index (κ1) is 14.2. The molecule has 1 aromatic carbocycles. The summed E-state index contributed by atoms with van der Waals surface area (Å²) in [5.41, 5.74) is 2.10. The number of halogens is 1. The molecular formula is C17H20FN3. The van der Waals surface area contributed by atoms with Gasteiger partial charge in [-0.1, -0.05) is 30.3 Å². The smallest absolute Gasteiger partial charge is 0.141 e. The Bertz CT molecular complexity index is 602. The molecule has 1 N–H and O–H groups in total. The molecule has 0 amide bonds. The van der Waals surface area contributed by atoms with Crippen molar-refractivity contribution in [3.05, 3.63) is 65.7 Å². The highest BCUT2D eigenvalue weighted by Crippen LogP contribution is 2.30. The Labute approximate surface area is 124 Å². The van der Waals surface area contributed by atoms with Gasteiger partial charge in [0.1, 0.15) is 5.82 Å². The standard InChI is InChI=1S/C17H20FN3/c1-17(15-5-3-2-4-6-15)13-19-7-8-21(17)12-14-9-16(18)11-20-10-14/h2-6,9-11,19H,7-8,12-13H2,1H3. The van der Waals surface area contributed by atoms with E-state index in [9.17, 15) is 4.39 Å². The predicted molar refractivity (Wildman–Crippen MR) is 81.3 cm³/mol. The van der Waals surface area contributed by atoms with Gasteiger partial charge >= 0.3 is 0 Å². The fourth-order valence-electron chi connectivity index (χ4n) is 3.00. The van der Waals surface area contributed by atoms with Gasteiger partial charge in [-0.05, 0) is 24.1 Å². The van der Waals surface area contributed by atoms with Crippen molar-refractivity contribution >= 4 is 0 Å². The van der Waals surface area contributed by atoms with Crippen LogP contribution in [0, 0.1) is 5.82 Å². The first-order valence-corrected chi connectivity index (χ1v) is 7.29. The van der Waals surface area contributed by atoms with Crippen molar-refractivity contribution < 1.29 is 4.39 Å². The summed E-state index contributed by atoms with van der Waals surface area (Å²) in [5.74, 6) is -0.274. The number of hydrogen-bond donors (Lipinski definition) is 1. The van der Waals surface area contributed by atoms with Crippen LogP contribution in [0.5, 0.6) is 0 Å². The van der Waals surface area contributed by atoms with Crippen LogP contribution < -0.4 is 5.32 Å². The Morgan fingerprint density at radius 1 is 1.29 bits per heavy atom. The van der Waals surface area contributed by atoms with Crippen molar-refractivity contribution in [2.24, 2.45) is 0 Å². The Hall–Kier alpha value is -1.78. The van der Waals surface area contributed by atoms with Gasteiger partial charge in [0.25, 0.3) is 0 Å². The number of pyridine rings is 1. The molecule has 4 heteroatoms. The van der Waals surface area contributed by atoms with Crippen LogP contribution in [0.3, 0.4) is 0 Å². The number of piperazine rings is 1. The maximum absolute atomic E-state index is 13.3. The third kappa shape index (κ3) is 2.96. The van der Waals surface area contributed by atoms with Crippen LogP contribution in [0.2, 0.25) is 0 Å². The number of nitrogens with one attached hydrogen (secondary N) is 1. The van der Waals surface area contributed by atoms with E-state index in [1.54, 1.807) is 12.3 Å². The number of nitrogens with zero attached hydrogens (tertiary/aromatic N) is 2. The monoisotopic (exact) mass is 285 g/mol. The van der Waals surface area contributed by atoms with Gasteiger partial charge in [0.05, 0.1) is 11.7 Å². The topological polar surface area (TPSA) is 28.2 Å². The van der Waals surface area contributed by atoms with E-state index in [1.807, 2.05) is 6.07 Å². The van der Waals surface area contributed by atoms with Crippen molar-refractivity contribution in [1.29, 1.82) is 0 Å². The van der Waals surface area contributed by atoms with Crippen LogP contribution in [-0.2, 0) is 12.1 Å². The first-order valence-electron chi connectivity index (χ1n) is 7.29. The molecule has 110 valence electrons. The zero-order chi connectivity index (χ0) is 14.7. The fraction of sp³-hybridized carbons (Fsp3) is 0.353. The molecule has 0 bridgehead atoms. The van der Waals surface area contributed by atoms with Gasteiger partial charge in [-0.15, -0.1) is 0 Å². The van der Waals surface area contributed by atoms with Gasteiger partial charge in [-0.2, -0.15) is 0 Å². The molecule has 1 unspecified atom stereocenters. The minimum Gasteiger partial charge on any atom is -0.313 e. The van der Waals surface area contributed by atoms with Crippen molar-refractivity contribution in [1.82, 2.24) is 15.2 Å². The summed E-state index contributed by atoms with van der Waals surface area (Å²) < 4.78 is 13.3. The molecule has 0 radical (unpaired) electrons. The van der Waals surface area contributed by atoms with Crippen LogP contribution in [-0.4, -0.2) is 29.5 Å². The van der Waals surface area contributed by atoms with Crippen molar-refractivity contribution in [2.45, 2.75) is 19.0 Å². The van der Waals surface area contributed by atoms with Crippen LogP contribution in [0.25, 0.3) is 0 Å². The Morgan fingerprint density at radius 2 is 2.10 bits per heavy atom. The van der Waals surface area contributed by atoms with E-state index in [2.05, 4.69) is 46.4 Å². The lowest BCUT2D eigenvalue weighted by Crippen LogP contribution is -2.56. The second kappa shape index (κ2) is 5.92. The number of aromatic nitrogens is 1. The van der Waals surface area contributed by atoms with Gasteiger partial charge < -0.3 is 5.32 Å². The van der Waals surface area contributed by atoms with E-state index >= 15 is 0 Å². The van der Waals surface area contributed by atoms with E-state index in [0.717, 1.165) is 25.2 Å². The molecule has 2 aromatic rings. The predicted octanol–water partition coefficient (Wildman–Crippen LogP) is 2.54. The summed E-state index contributed by atoms with van der Waals surface area (Å²) in [4.78, 5) is 6.35. The van der Waals surface area contributed by atoms with Gasteiger partial charge in [0, 0.05) is 32.4 Å². The van der Waals surface area contributed by atoms with Crippen molar-refractivity contribution in [2.75, 3.05) is 19.6 Å². The normalized spacial score (nSPS) is 23.1. The van der Waals surface area contributed by atoms with E-state index < -0.39 is 0 Å². The number of benzene rings is 1. The SMILES string of the molecule is CC1(c2ccccc2)CNCCN1Cc1cncc(F)c1. The molecule has 21 heavy (non-hydrogen) atoms. The lowest BCUT2D eigenvalue weighted by molar-refractivity contribution is 0.0648. The molecular weight excluding hydrogens is 265 g/mol. The summed E-state index contributed by atoms with van der Waals surface area (Å²) >= 11 is 0. The highest BCUT2D eigenvalue weighted by atomic mass is 19.1. The summed E-state index contributed by atoms with van der Waals surface area (Å²) in [6.07, 6.45) is 2.99. The first-order chi connectivity index (χ1) is 10.2. The van der Waals surface area contributed by atoms with E-state index in [0.29, 0.717) is 6.54 Å². The number of rotatable bonds is 3. The Balaban J connectivity index is 1.88. The summed E-state index contributed by atoms with van der Waals surface area (Å²) in [6.45, 7) is 5.71. The molecule has 1 atom stereocenters. The summed E-state index contributed by atoms with van der Waals surface area (Å²) in [7, 11) is 0. The second-order valence-electron chi connectivity index (χ2n) is 5.75. The fourth-order valence-corrected chi connectivity index (χ4v) is 3.00. The zero-order valence-electron chi connectivity index (χ0n) is 12.2. The van der Waals surface area contributed by atoms with Crippen LogP contribution in [0.1, 0.15) is 18.1 Å². The molecule has 2 heterocycles. The number of hydrogen-bond acceptors (Lipinski definition) is 3. The minimum absolute atomic E-state index is 0.0914. The highest BCUT2D eigenvalue weighted by molar-refractivity contribution is 5.26. The summed E-state index contributed by atoms with van der Waals surface area (Å²) in [6, 6.07) is 12.0. The Kier molecular flexibility index (Phi) is 3.99. The molecule has 3 rings (SSSR count).